The minimum absolute atomic E-state index is 0.202. The molecule has 198 valence electrons. The average Bonchev–Trinajstić information content (AvgIpc) is 3.63. The molecule has 10 heteroatoms. The summed E-state index contributed by atoms with van der Waals surface area (Å²) in [5, 5.41) is 3.41. The first-order valence-corrected chi connectivity index (χ1v) is 13.9. The number of ether oxygens (including phenoxy) is 1. The maximum Gasteiger partial charge on any atom is 0.357 e. The fraction of sp³-hybridized carbons (Fsp3) is 0.276. The molecule has 4 aromatic heterocycles. The van der Waals surface area contributed by atoms with E-state index in [0.29, 0.717) is 23.9 Å². The number of esters is 1. The summed E-state index contributed by atoms with van der Waals surface area (Å²) in [5.74, 6) is -0.411. The van der Waals surface area contributed by atoms with Gasteiger partial charge in [0.15, 0.2) is 5.69 Å². The van der Waals surface area contributed by atoms with Crippen LogP contribution in [0.15, 0.2) is 60.4 Å². The molecule has 9 nitrogen and oxygen atoms in total. The lowest BCUT2D eigenvalue weighted by Crippen LogP contribution is -2.44. The number of thiazole rings is 1. The van der Waals surface area contributed by atoms with Gasteiger partial charge in [-0.1, -0.05) is 12.1 Å². The summed E-state index contributed by atoms with van der Waals surface area (Å²) in [4.78, 5) is 36.5. The minimum Gasteiger partial charge on any atom is -0.460 e. The van der Waals surface area contributed by atoms with Crippen LogP contribution in [0.5, 0.6) is 0 Å². The number of pyridine rings is 2. The Kier molecular flexibility index (Phi) is 7.14. The van der Waals surface area contributed by atoms with Crippen molar-refractivity contribution in [3.05, 3.63) is 71.8 Å². The number of rotatable bonds is 7. The minimum atomic E-state index is -0.411. The largest absolute Gasteiger partial charge is 0.460 e. The van der Waals surface area contributed by atoms with Crippen molar-refractivity contribution in [3.8, 4) is 33.2 Å². The smallest absolute Gasteiger partial charge is 0.357 e. The van der Waals surface area contributed by atoms with E-state index in [0.717, 1.165) is 70.7 Å². The van der Waals surface area contributed by atoms with E-state index in [1.54, 1.807) is 17.9 Å². The van der Waals surface area contributed by atoms with Crippen LogP contribution in [0.4, 0.5) is 0 Å². The Morgan fingerprint density at radius 3 is 2.95 bits per heavy atom. The van der Waals surface area contributed by atoms with Gasteiger partial charge in [0.1, 0.15) is 11.6 Å². The lowest BCUT2D eigenvalue weighted by molar-refractivity contribution is 0.0442. The predicted octanol–water partition coefficient (Wildman–Crippen LogP) is 4.70. The summed E-state index contributed by atoms with van der Waals surface area (Å²) in [6, 6.07) is 14.2. The number of hydrogen-bond acceptors (Lipinski definition) is 9. The van der Waals surface area contributed by atoms with Crippen molar-refractivity contribution in [2.45, 2.75) is 25.8 Å². The molecule has 0 amide bonds. The molecule has 0 unspecified atom stereocenters. The number of H-pyrrole nitrogens is 1. The molecule has 0 radical (unpaired) electrons. The summed E-state index contributed by atoms with van der Waals surface area (Å²) in [6.07, 6.45) is 5.60. The predicted molar refractivity (Wildman–Crippen MR) is 152 cm³/mol. The third-order valence-corrected chi connectivity index (χ3v) is 7.77. The topological polar surface area (TPSA) is 123 Å². The third-order valence-electron chi connectivity index (χ3n) is 6.88. The van der Waals surface area contributed by atoms with Gasteiger partial charge in [-0.25, -0.2) is 14.8 Å². The van der Waals surface area contributed by atoms with E-state index in [-0.39, 0.29) is 6.04 Å². The zero-order chi connectivity index (χ0) is 26.8. The SMILES string of the molecule is Cc1cccc(-c2[nH]cnc2-c2ccc3ncc(-c4nc(C(=O)OCCN5CCC[C@@H](N)C5)cs4)cc3c2)n1. The highest BCUT2D eigenvalue weighted by molar-refractivity contribution is 7.13. The highest BCUT2D eigenvalue weighted by Crippen LogP contribution is 2.32. The molecule has 0 aliphatic carbocycles. The number of nitrogens with one attached hydrogen (secondary N) is 1. The Labute approximate surface area is 230 Å². The lowest BCUT2D eigenvalue weighted by atomic mass is 10.0. The molecular formula is C29H29N7O2S. The highest BCUT2D eigenvalue weighted by Gasteiger charge is 2.18. The third kappa shape index (κ3) is 5.58. The van der Waals surface area contributed by atoms with Gasteiger partial charge in [-0.15, -0.1) is 11.3 Å². The zero-order valence-corrected chi connectivity index (χ0v) is 22.4. The van der Waals surface area contributed by atoms with Crippen molar-refractivity contribution >= 4 is 28.2 Å². The van der Waals surface area contributed by atoms with Crippen LogP contribution in [0.3, 0.4) is 0 Å². The van der Waals surface area contributed by atoms with Crippen LogP contribution in [-0.2, 0) is 4.74 Å². The number of benzene rings is 1. The van der Waals surface area contributed by atoms with E-state index in [2.05, 4.69) is 35.9 Å². The number of piperidine rings is 1. The van der Waals surface area contributed by atoms with Crippen molar-refractivity contribution in [1.29, 1.82) is 0 Å². The number of nitrogens with two attached hydrogens (primary N) is 1. The first-order chi connectivity index (χ1) is 19.0. The molecule has 0 saturated carbocycles. The zero-order valence-electron chi connectivity index (χ0n) is 21.6. The average molecular weight is 540 g/mol. The van der Waals surface area contributed by atoms with Crippen LogP contribution < -0.4 is 5.73 Å². The van der Waals surface area contributed by atoms with E-state index >= 15 is 0 Å². The Morgan fingerprint density at radius 2 is 2.08 bits per heavy atom. The fourth-order valence-corrected chi connectivity index (χ4v) is 5.69. The molecule has 1 aromatic carbocycles. The molecule has 0 spiro atoms. The molecule has 5 aromatic rings. The van der Waals surface area contributed by atoms with Gasteiger partial charge in [0.2, 0.25) is 0 Å². The number of aromatic amines is 1. The lowest BCUT2D eigenvalue weighted by Gasteiger charge is -2.30. The van der Waals surface area contributed by atoms with Gasteiger partial charge < -0.3 is 15.5 Å². The number of imidazole rings is 1. The molecule has 6 rings (SSSR count). The van der Waals surface area contributed by atoms with Crippen molar-refractivity contribution in [1.82, 2.24) is 29.8 Å². The van der Waals surface area contributed by atoms with E-state index in [1.165, 1.54) is 11.3 Å². The van der Waals surface area contributed by atoms with Crippen LogP contribution in [-0.4, -0.2) is 68.1 Å². The normalized spacial score (nSPS) is 16.0. The Hall–Kier alpha value is -3.99. The maximum absolute atomic E-state index is 12.6. The van der Waals surface area contributed by atoms with Gasteiger partial charge in [-0.2, -0.15) is 0 Å². The molecule has 1 saturated heterocycles. The van der Waals surface area contributed by atoms with Gasteiger partial charge in [-0.05, 0) is 56.6 Å². The Balaban J connectivity index is 1.19. The number of aromatic nitrogens is 5. The van der Waals surface area contributed by atoms with Gasteiger partial charge in [-0.3, -0.25) is 14.9 Å². The number of carbonyl (C=O) groups is 1. The van der Waals surface area contributed by atoms with Gasteiger partial charge in [0.05, 0.1) is 28.9 Å². The molecule has 1 fully saturated rings. The summed E-state index contributed by atoms with van der Waals surface area (Å²) in [6.45, 7) is 4.82. The molecule has 39 heavy (non-hydrogen) atoms. The van der Waals surface area contributed by atoms with Crippen LogP contribution in [0.1, 0.15) is 29.0 Å². The Morgan fingerprint density at radius 1 is 1.18 bits per heavy atom. The highest BCUT2D eigenvalue weighted by atomic mass is 32.1. The van der Waals surface area contributed by atoms with Crippen LogP contribution in [0.25, 0.3) is 44.1 Å². The summed E-state index contributed by atoms with van der Waals surface area (Å²) in [7, 11) is 0. The van der Waals surface area contributed by atoms with Gasteiger partial charge >= 0.3 is 5.97 Å². The Bertz CT molecular complexity index is 1630. The molecule has 0 bridgehead atoms. The molecule has 1 aliphatic heterocycles. The molecule has 1 atom stereocenters. The second-order valence-electron chi connectivity index (χ2n) is 9.80. The first-order valence-electron chi connectivity index (χ1n) is 13.0. The van der Waals surface area contributed by atoms with Crippen LogP contribution in [0, 0.1) is 6.92 Å². The summed E-state index contributed by atoms with van der Waals surface area (Å²) >= 11 is 1.40. The maximum atomic E-state index is 12.6. The first kappa shape index (κ1) is 25.3. The molecule has 1 aliphatic rings. The van der Waals surface area contributed by atoms with E-state index in [1.807, 2.05) is 43.3 Å². The molecular weight excluding hydrogens is 510 g/mol. The number of likely N-dealkylation sites (tertiary alicyclic amines) is 1. The number of carbonyl (C=O) groups excluding carboxylic acids is 1. The van der Waals surface area contributed by atoms with Crippen molar-refractivity contribution in [2.24, 2.45) is 5.73 Å². The standard InChI is InChI=1S/C29H29N7O2S/c1-18-4-2-6-24(34-18)27-26(32-17-33-27)19-7-8-23-20(12-19)13-21(14-31-23)28-35-25(16-39-28)29(37)38-11-10-36-9-3-5-22(30)15-36/h2,4,6-8,12-14,16-17,22H,3,5,9-11,15,30H2,1H3,(H,32,33)/t22-/m1/s1. The second-order valence-corrected chi connectivity index (χ2v) is 10.7. The molecule has 3 N–H and O–H groups in total. The second kappa shape index (κ2) is 11.0. The van der Waals surface area contributed by atoms with E-state index < -0.39 is 5.97 Å². The van der Waals surface area contributed by atoms with Crippen molar-refractivity contribution < 1.29 is 9.53 Å². The number of nitrogens with zero attached hydrogens (tertiary/aromatic N) is 5. The van der Waals surface area contributed by atoms with Crippen molar-refractivity contribution in [2.75, 3.05) is 26.2 Å². The summed E-state index contributed by atoms with van der Waals surface area (Å²) in [5.41, 5.74) is 12.5. The summed E-state index contributed by atoms with van der Waals surface area (Å²) < 4.78 is 5.49. The van der Waals surface area contributed by atoms with Gasteiger partial charge in [0, 0.05) is 52.9 Å². The number of hydrogen-bond donors (Lipinski definition) is 2. The fourth-order valence-electron chi connectivity index (χ4n) is 4.92. The van der Waals surface area contributed by atoms with E-state index in [4.69, 9.17) is 10.5 Å². The molecule has 5 heterocycles. The number of aryl methyl sites for hydroxylation is 1. The van der Waals surface area contributed by atoms with E-state index in [9.17, 15) is 4.79 Å². The monoisotopic (exact) mass is 539 g/mol. The van der Waals surface area contributed by atoms with Crippen molar-refractivity contribution in [3.63, 3.8) is 0 Å². The van der Waals surface area contributed by atoms with Crippen LogP contribution in [0.2, 0.25) is 0 Å². The van der Waals surface area contributed by atoms with Crippen LogP contribution >= 0.6 is 11.3 Å². The van der Waals surface area contributed by atoms with Gasteiger partial charge in [0.25, 0.3) is 0 Å². The number of fused-ring (bicyclic) bond motifs is 1. The quantitative estimate of drug-likeness (QED) is 0.285.